The van der Waals surface area contributed by atoms with Gasteiger partial charge in [-0.25, -0.2) is 8.42 Å². The first-order chi connectivity index (χ1) is 10.5. The number of sulfone groups is 1. The normalized spacial score (nSPS) is 20.4. The molecule has 8 heteroatoms. The molecule has 1 atom stereocenters. The third kappa shape index (κ3) is 5.03. The summed E-state index contributed by atoms with van der Waals surface area (Å²) in [6.07, 6.45) is 0.555. The maximum atomic E-state index is 11.8. The van der Waals surface area contributed by atoms with Crippen molar-refractivity contribution in [3.05, 3.63) is 30.3 Å². The first kappa shape index (κ1) is 16.3. The van der Waals surface area contributed by atoms with Crippen LogP contribution < -0.4 is 16.0 Å². The summed E-state index contributed by atoms with van der Waals surface area (Å²) in [6, 6.07) is 8.99. The van der Waals surface area contributed by atoms with Crippen molar-refractivity contribution in [1.29, 1.82) is 0 Å². The van der Waals surface area contributed by atoms with Crippen LogP contribution in [0.3, 0.4) is 0 Å². The van der Waals surface area contributed by atoms with E-state index in [-0.39, 0.29) is 30.0 Å². The van der Waals surface area contributed by atoms with E-state index in [1.165, 1.54) is 0 Å². The minimum atomic E-state index is -2.95. The lowest BCUT2D eigenvalue weighted by molar-refractivity contribution is -0.115. The Morgan fingerprint density at radius 3 is 2.64 bits per heavy atom. The van der Waals surface area contributed by atoms with Gasteiger partial charge in [0, 0.05) is 18.8 Å². The number of rotatable bonds is 4. The topological polar surface area (TPSA) is 99.7 Å². The second-order valence-electron chi connectivity index (χ2n) is 5.08. The lowest BCUT2D eigenvalue weighted by Gasteiger charge is -2.15. The molecule has 0 aliphatic carbocycles. The highest BCUT2D eigenvalue weighted by atomic mass is 32.2. The summed E-state index contributed by atoms with van der Waals surface area (Å²) in [7, 11) is -1.37. The minimum absolute atomic E-state index is 0.0496. The summed E-state index contributed by atoms with van der Waals surface area (Å²) in [4.78, 5) is 15.8. The average molecular weight is 324 g/mol. The number of guanidine groups is 1. The number of hydrogen-bond donors (Lipinski definition) is 3. The van der Waals surface area contributed by atoms with Crippen molar-refractivity contribution in [3.63, 3.8) is 0 Å². The van der Waals surface area contributed by atoms with Crippen molar-refractivity contribution in [2.45, 2.75) is 12.5 Å². The number of anilines is 1. The highest BCUT2D eigenvalue weighted by Crippen LogP contribution is 2.10. The summed E-state index contributed by atoms with van der Waals surface area (Å²) in [6.45, 7) is 0.0496. The van der Waals surface area contributed by atoms with Crippen molar-refractivity contribution in [1.82, 2.24) is 10.6 Å². The zero-order chi connectivity index (χ0) is 16.0. The van der Waals surface area contributed by atoms with E-state index in [0.717, 1.165) is 5.69 Å². The van der Waals surface area contributed by atoms with Crippen molar-refractivity contribution < 1.29 is 13.2 Å². The third-order valence-corrected chi connectivity index (χ3v) is 5.04. The van der Waals surface area contributed by atoms with E-state index in [4.69, 9.17) is 0 Å². The summed E-state index contributed by atoms with van der Waals surface area (Å²) >= 11 is 0. The molecular weight excluding hydrogens is 304 g/mol. The van der Waals surface area contributed by atoms with Gasteiger partial charge in [0.15, 0.2) is 15.8 Å². The smallest absolute Gasteiger partial charge is 0.243 e. The van der Waals surface area contributed by atoms with Gasteiger partial charge in [-0.1, -0.05) is 18.2 Å². The van der Waals surface area contributed by atoms with Crippen LogP contribution in [0.15, 0.2) is 35.3 Å². The van der Waals surface area contributed by atoms with Gasteiger partial charge >= 0.3 is 0 Å². The first-order valence-electron chi connectivity index (χ1n) is 7.01. The Morgan fingerprint density at radius 2 is 2.05 bits per heavy atom. The summed E-state index contributed by atoms with van der Waals surface area (Å²) in [5, 5.41) is 8.64. The van der Waals surface area contributed by atoms with Crippen LogP contribution in [0.1, 0.15) is 6.42 Å². The average Bonchev–Trinajstić information content (AvgIpc) is 2.83. The third-order valence-electron chi connectivity index (χ3n) is 3.27. The molecule has 1 aliphatic rings. The lowest BCUT2D eigenvalue weighted by atomic mass is 10.3. The number of para-hydroxylation sites is 1. The van der Waals surface area contributed by atoms with E-state index >= 15 is 0 Å². The van der Waals surface area contributed by atoms with Crippen LogP contribution in [0.25, 0.3) is 0 Å². The van der Waals surface area contributed by atoms with E-state index in [2.05, 4.69) is 20.9 Å². The van der Waals surface area contributed by atoms with E-state index in [0.29, 0.717) is 12.4 Å². The standard InChI is InChI=1S/C14H20N4O3S/c1-15-14(18-12-7-8-22(20,21)10-12)16-9-13(19)17-11-5-3-2-4-6-11/h2-6,12H,7-10H2,1H3,(H,17,19)(H2,15,16,18). The molecular formula is C14H20N4O3S. The van der Waals surface area contributed by atoms with Gasteiger partial charge in [0.05, 0.1) is 18.1 Å². The number of benzene rings is 1. The van der Waals surface area contributed by atoms with Gasteiger partial charge in [-0.2, -0.15) is 0 Å². The molecule has 7 nitrogen and oxygen atoms in total. The molecule has 1 aliphatic heterocycles. The SMILES string of the molecule is CN=C(NCC(=O)Nc1ccccc1)NC1CCS(=O)(=O)C1. The molecule has 2 rings (SSSR count). The zero-order valence-corrected chi connectivity index (χ0v) is 13.2. The Kier molecular flexibility index (Phi) is 5.37. The molecule has 1 aromatic carbocycles. The molecule has 1 unspecified atom stereocenters. The second kappa shape index (κ2) is 7.26. The van der Waals surface area contributed by atoms with Crippen LogP contribution in [0.4, 0.5) is 5.69 Å². The molecule has 0 aromatic heterocycles. The van der Waals surface area contributed by atoms with Crippen LogP contribution >= 0.6 is 0 Å². The predicted molar refractivity (Wildman–Crippen MR) is 86.6 cm³/mol. The van der Waals surface area contributed by atoms with Crippen LogP contribution in [-0.2, 0) is 14.6 Å². The Hall–Kier alpha value is -2.09. The zero-order valence-electron chi connectivity index (χ0n) is 12.4. The summed E-state index contributed by atoms with van der Waals surface area (Å²) in [5.74, 6) is 0.513. The number of amides is 1. The largest absolute Gasteiger partial charge is 0.353 e. The fourth-order valence-corrected chi connectivity index (χ4v) is 3.86. The van der Waals surface area contributed by atoms with E-state index in [9.17, 15) is 13.2 Å². The number of hydrogen-bond acceptors (Lipinski definition) is 4. The number of carbonyl (C=O) groups excluding carboxylic acids is 1. The molecule has 1 aromatic rings. The van der Waals surface area contributed by atoms with Crippen LogP contribution in [-0.4, -0.2) is 51.4 Å². The molecule has 0 saturated carbocycles. The first-order valence-corrected chi connectivity index (χ1v) is 8.83. The molecule has 3 N–H and O–H groups in total. The monoisotopic (exact) mass is 324 g/mol. The van der Waals surface area contributed by atoms with E-state index in [1.54, 1.807) is 19.2 Å². The van der Waals surface area contributed by atoms with Gasteiger partial charge in [-0.15, -0.1) is 0 Å². The Morgan fingerprint density at radius 1 is 1.32 bits per heavy atom. The quantitative estimate of drug-likeness (QED) is 0.534. The number of carbonyl (C=O) groups is 1. The van der Waals surface area contributed by atoms with Gasteiger partial charge in [0.2, 0.25) is 5.91 Å². The fourth-order valence-electron chi connectivity index (χ4n) is 2.19. The van der Waals surface area contributed by atoms with Gasteiger partial charge in [0.1, 0.15) is 0 Å². The predicted octanol–water partition coefficient (Wildman–Crippen LogP) is -0.0228. The van der Waals surface area contributed by atoms with E-state index in [1.807, 2.05) is 18.2 Å². The number of nitrogens with zero attached hydrogens (tertiary/aromatic N) is 1. The maximum absolute atomic E-state index is 11.8. The summed E-state index contributed by atoms with van der Waals surface area (Å²) in [5.41, 5.74) is 0.721. The molecule has 22 heavy (non-hydrogen) atoms. The van der Waals surface area contributed by atoms with Gasteiger partial charge < -0.3 is 16.0 Å². The number of nitrogens with one attached hydrogen (secondary N) is 3. The molecule has 120 valence electrons. The molecule has 1 heterocycles. The number of aliphatic imine (C=N–C) groups is 1. The highest BCUT2D eigenvalue weighted by Gasteiger charge is 2.28. The summed E-state index contributed by atoms with van der Waals surface area (Å²) < 4.78 is 22.8. The van der Waals surface area contributed by atoms with Crippen molar-refractivity contribution in [3.8, 4) is 0 Å². The fraction of sp³-hybridized carbons (Fsp3) is 0.429. The second-order valence-corrected chi connectivity index (χ2v) is 7.31. The van der Waals surface area contributed by atoms with Gasteiger partial charge in [-0.05, 0) is 18.6 Å². The van der Waals surface area contributed by atoms with Crippen molar-refractivity contribution in [2.75, 3.05) is 30.4 Å². The van der Waals surface area contributed by atoms with Crippen LogP contribution in [0.2, 0.25) is 0 Å². The Bertz CT molecular complexity index is 643. The van der Waals surface area contributed by atoms with Crippen molar-refractivity contribution >= 4 is 27.4 Å². The molecule has 1 amide bonds. The Labute approximate surface area is 130 Å². The minimum Gasteiger partial charge on any atom is -0.353 e. The highest BCUT2D eigenvalue weighted by molar-refractivity contribution is 7.91. The maximum Gasteiger partial charge on any atom is 0.243 e. The van der Waals surface area contributed by atoms with Crippen LogP contribution in [0, 0.1) is 0 Å². The van der Waals surface area contributed by atoms with Gasteiger partial charge in [0.25, 0.3) is 0 Å². The molecule has 1 fully saturated rings. The molecule has 1 saturated heterocycles. The lowest BCUT2D eigenvalue weighted by Crippen LogP contribution is -2.46. The molecule has 0 radical (unpaired) electrons. The van der Waals surface area contributed by atoms with Crippen molar-refractivity contribution in [2.24, 2.45) is 4.99 Å². The van der Waals surface area contributed by atoms with Crippen LogP contribution in [0.5, 0.6) is 0 Å². The Balaban J connectivity index is 1.78. The van der Waals surface area contributed by atoms with Gasteiger partial charge in [-0.3, -0.25) is 9.79 Å². The van der Waals surface area contributed by atoms with E-state index < -0.39 is 9.84 Å². The molecule has 0 bridgehead atoms. The molecule has 0 spiro atoms.